The van der Waals surface area contributed by atoms with Crippen LogP contribution >= 0.6 is 0 Å². The van der Waals surface area contributed by atoms with Crippen molar-refractivity contribution in [1.29, 1.82) is 0 Å². The second kappa shape index (κ2) is 8.34. The van der Waals surface area contributed by atoms with Crippen molar-refractivity contribution in [3.63, 3.8) is 0 Å². The summed E-state index contributed by atoms with van der Waals surface area (Å²) in [6.07, 6.45) is 4.92. The Hall–Kier alpha value is -2.92. The molecule has 3 aliphatic heterocycles. The molecule has 1 N–H and O–H groups in total. The molecule has 3 aromatic carbocycles. The Bertz CT molecular complexity index is 1250. The molecule has 2 amide bonds. The van der Waals surface area contributed by atoms with Gasteiger partial charge in [-0.15, -0.1) is 0 Å². The van der Waals surface area contributed by atoms with Crippen molar-refractivity contribution >= 4 is 33.4 Å². The van der Waals surface area contributed by atoms with E-state index in [1.165, 1.54) is 0 Å². The van der Waals surface area contributed by atoms with Gasteiger partial charge in [0.25, 0.3) is 5.91 Å². The van der Waals surface area contributed by atoms with Crippen molar-refractivity contribution in [2.24, 2.45) is 5.41 Å². The number of piperidine rings is 2. The average Bonchev–Trinajstić information content (AvgIpc) is 3.08. The zero-order valence-electron chi connectivity index (χ0n) is 20.8. The number of carbonyl (C=O) groups is 2. The van der Waals surface area contributed by atoms with Crippen LogP contribution in [0.5, 0.6) is 0 Å². The maximum atomic E-state index is 13.9. The van der Waals surface area contributed by atoms with Gasteiger partial charge >= 0.3 is 0 Å². The molecule has 1 unspecified atom stereocenters. The van der Waals surface area contributed by atoms with Crippen LogP contribution in [0.1, 0.15) is 56.3 Å². The molecule has 35 heavy (non-hydrogen) atoms. The van der Waals surface area contributed by atoms with Gasteiger partial charge < -0.3 is 10.2 Å². The number of carbonyl (C=O) groups excluding carboxylic acids is 2. The van der Waals surface area contributed by atoms with E-state index in [4.69, 9.17) is 0 Å². The maximum absolute atomic E-state index is 13.9. The van der Waals surface area contributed by atoms with Gasteiger partial charge in [0.15, 0.2) is 0 Å². The molecule has 3 fully saturated rings. The van der Waals surface area contributed by atoms with E-state index in [0.717, 1.165) is 85.4 Å². The highest BCUT2D eigenvalue weighted by molar-refractivity contribution is 6.18. The predicted molar refractivity (Wildman–Crippen MR) is 140 cm³/mol. The third-order valence-electron chi connectivity index (χ3n) is 8.57. The molecule has 5 nitrogen and oxygen atoms in total. The van der Waals surface area contributed by atoms with Gasteiger partial charge in [0.1, 0.15) is 0 Å². The van der Waals surface area contributed by atoms with Crippen LogP contribution in [0.2, 0.25) is 0 Å². The molecule has 1 atom stereocenters. The van der Waals surface area contributed by atoms with Crippen LogP contribution in [-0.4, -0.2) is 59.4 Å². The zero-order chi connectivity index (χ0) is 24.2. The van der Waals surface area contributed by atoms with Crippen LogP contribution in [0.25, 0.3) is 21.5 Å². The Balaban J connectivity index is 1.21. The van der Waals surface area contributed by atoms with Crippen LogP contribution in [0.4, 0.5) is 0 Å². The fraction of sp³-hybridized carbons (Fsp3) is 0.467. The number of amides is 2. The number of hydrogen-bond donors (Lipinski definition) is 1. The highest BCUT2D eigenvalue weighted by Crippen LogP contribution is 2.43. The third-order valence-corrected chi connectivity index (χ3v) is 8.57. The highest BCUT2D eigenvalue weighted by Gasteiger charge is 2.52. The van der Waals surface area contributed by atoms with Gasteiger partial charge in [-0.25, -0.2) is 0 Å². The number of likely N-dealkylation sites (tertiary alicyclic amines) is 2. The second-order valence-corrected chi connectivity index (χ2v) is 11.6. The Morgan fingerprint density at radius 3 is 2.17 bits per heavy atom. The minimum Gasteiger partial charge on any atom is -0.351 e. The van der Waals surface area contributed by atoms with Crippen molar-refractivity contribution in [3.05, 3.63) is 60.2 Å². The number of hydrogen-bond acceptors (Lipinski definition) is 3. The topological polar surface area (TPSA) is 52.7 Å². The summed E-state index contributed by atoms with van der Waals surface area (Å²) in [7, 11) is 0. The standard InChI is InChI=1S/C30H35N3O2/c1-29(2)19-30(28(35)31-29)14-7-15-33(20-30)23-12-16-32(17-13-23)27(34)26-24-10-5-3-8-21(24)18-22-9-4-6-11-25(22)26/h3-6,8-11,18,23H,7,12-17,19-20H2,1-2H3,(H,31,35). The van der Waals surface area contributed by atoms with Crippen molar-refractivity contribution in [1.82, 2.24) is 15.1 Å². The van der Waals surface area contributed by atoms with E-state index in [1.807, 2.05) is 24.3 Å². The molecule has 182 valence electrons. The summed E-state index contributed by atoms with van der Waals surface area (Å²) in [4.78, 5) is 31.4. The lowest BCUT2D eigenvalue weighted by atomic mass is 9.74. The summed E-state index contributed by atoms with van der Waals surface area (Å²) in [5.41, 5.74) is 0.479. The molecular weight excluding hydrogens is 434 g/mol. The van der Waals surface area contributed by atoms with Crippen LogP contribution in [0, 0.1) is 5.41 Å². The SMILES string of the molecule is CC1(C)CC2(CCCN(C3CCN(C(=O)c4c5ccccc5cc5ccccc45)CC3)C2)C(=O)N1. The Kier molecular flexibility index (Phi) is 5.37. The molecule has 0 radical (unpaired) electrons. The fourth-order valence-electron chi connectivity index (χ4n) is 7.06. The molecule has 0 saturated carbocycles. The largest absolute Gasteiger partial charge is 0.351 e. The third kappa shape index (κ3) is 3.90. The van der Waals surface area contributed by atoms with Gasteiger partial charge in [0, 0.05) is 31.2 Å². The summed E-state index contributed by atoms with van der Waals surface area (Å²) in [5, 5.41) is 7.52. The quantitative estimate of drug-likeness (QED) is 0.539. The minimum atomic E-state index is -0.240. The van der Waals surface area contributed by atoms with Gasteiger partial charge in [0.2, 0.25) is 5.91 Å². The summed E-state index contributed by atoms with van der Waals surface area (Å²) in [5.74, 6) is 0.381. The van der Waals surface area contributed by atoms with E-state index in [1.54, 1.807) is 0 Å². The van der Waals surface area contributed by atoms with E-state index >= 15 is 0 Å². The molecule has 0 aromatic heterocycles. The average molecular weight is 470 g/mol. The first-order valence-electron chi connectivity index (χ1n) is 13.1. The first kappa shape index (κ1) is 22.5. The molecule has 3 aromatic rings. The summed E-state index contributed by atoms with van der Waals surface area (Å²) >= 11 is 0. The van der Waals surface area contributed by atoms with E-state index in [0.29, 0.717) is 6.04 Å². The monoisotopic (exact) mass is 469 g/mol. The van der Waals surface area contributed by atoms with Crippen molar-refractivity contribution in [3.8, 4) is 0 Å². The molecule has 0 aliphatic carbocycles. The predicted octanol–water partition coefficient (Wildman–Crippen LogP) is 4.98. The highest BCUT2D eigenvalue weighted by atomic mass is 16.2. The number of nitrogens with one attached hydrogen (secondary N) is 1. The summed E-state index contributed by atoms with van der Waals surface area (Å²) in [6.45, 7) is 7.72. The lowest BCUT2D eigenvalue weighted by Gasteiger charge is -2.45. The number of fused-ring (bicyclic) bond motifs is 2. The lowest BCUT2D eigenvalue weighted by molar-refractivity contribution is -0.131. The minimum absolute atomic E-state index is 0.114. The number of benzene rings is 3. The van der Waals surface area contributed by atoms with Crippen molar-refractivity contribution < 1.29 is 9.59 Å². The first-order chi connectivity index (χ1) is 16.9. The van der Waals surface area contributed by atoms with Crippen molar-refractivity contribution in [2.75, 3.05) is 26.2 Å². The molecule has 3 aliphatic rings. The van der Waals surface area contributed by atoms with E-state index in [2.05, 4.69) is 59.3 Å². The van der Waals surface area contributed by atoms with E-state index in [-0.39, 0.29) is 22.8 Å². The molecule has 6 rings (SSSR count). The van der Waals surface area contributed by atoms with Crippen LogP contribution < -0.4 is 5.32 Å². The normalized spacial score (nSPS) is 25.4. The van der Waals surface area contributed by atoms with Crippen molar-refractivity contribution in [2.45, 2.75) is 57.5 Å². The van der Waals surface area contributed by atoms with E-state index < -0.39 is 0 Å². The van der Waals surface area contributed by atoms with Gasteiger partial charge in [-0.1, -0.05) is 48.5 Å². The van der Waals surface area contributed by atoms with Gasteiger partial charge in [-0.05, 0) is 80.1 Å². The van der Waals surface area contributed by atoms with Crippen LogP contribution in [-0.2, 0) is 4.79 Å². The fourth-order valence-corrected chi connectivity index (χ4v) is 7.06. The Morgan fingerprint density at radius 2 is 1.57 bits per heavy atom. The summed E-state index contributed by atoms with van der Waals surface area (Å²) in [6, 6.07) is 19.1. The van der Waals surface area contributed by atoms with Crippen LogP contribution in [0.15, 0.2) is 54.6 Å². The second-order valence-electron chi connectivity index (χ2n) is 11.6. The number of nitrogens with zero attached hydrogens (tertiary/aromatic N) is 2. The van der Waals surface area contributed by atoms with Crippen LogP contribution in [0.3, 0.4) is 0 Å². The first-order valence-corrected chi connectivity index (χ1v) is 13.1. The molecule has 1 spiro atoms. The summed E-state index contributed by atoms with van der Waals surface area (Å²) < 4.78 is 0. The van der Waals surface area contributed by atoms with Gasteiger partial charge in [-0.3, -0.25) is 14.5 Å². The molecule has 3 heterocycles. The van der Waals surface area contributed by atoms with Gasteiger partial charge in [-0.2, -0.15) is 0 Å². The Morgan fingerprint density at radius 1 is 0.943 bits per heavy atom. The zero-order valence-corrected chi connectivity index (χ0v) is 20.8. The smallest absolute Gasteiger partial charge is 0.255 e. The molecule has 0 bridgehead atoms. The molecular formula is C30H35N3O2. The van der Waals surface area contributed by atoms with Gasteiger partial charge in [0.05, 0.1) is 11.0 Å². The molecule has 3 saturated heterocycles. The lowest BCUT2D eigenvalue weighted by Crippen LogP contribution is -2.54. The molecule has 5 heteroatoms. The maximum Gasteiger partial charge on any atom is 0.255 e. The van der Waals surface area contributed by atoms with E-state index in [9.17, 15) is 9.59 Å². The number of rotatable bonds is 2. The Labute approximate surface area is 207 Å².